The Morgan fingerprint density at radius 3 is 2.59 bits per heavy atom. The van der Waals surface area contributed by atoms with Crippen LogP contribution in [0, 0.1) is 0 Å². The SMILES string of the molecule is NCc1ccc(N(C(N)=O)c2ccc3c(c2)CC(c2cnc[nH]2)C3)cc1Cl. The number of carbonyl (C=O) groups excluding carboxylic acids is 1. The molecule has 2 aromatic carbocycles. The maximum absolute atomic E-state index is 12.2. The van der Waals surface area contributed by atoms with Gasteiger partial charge >= 0.3 is 6.03 Å². The first kappa shape index (κ1) is 17.6. The fourth-order valence-electron chi connectivity index (χ4n) is 3.70. The maximum Gasteiger partial charge on any atom is 0.323 e. The van der Waals surface area contributed by atoms with Gasteiger partial charge in [0.15, 0.2) is 0 Å². The average molecular weight is 382 g/mol. The molecule has 27 heavy (non-hydrogen) atoms. The van der Waals surface area contributed by atoms with E-state index in [1.54, 1.807) is 18.5 Å². The molecule has 2 amide bonds. The van der Waals surface area contributed by atoms with E-state index in [9.17, 15) is 4.79 Å². The van der Waals surface area contributed by atoms with Crippen molar-refractivity contribution >= 4 is 29.0 Å². The van der Waals surface area contributed by atoms with E-state index in [0.717, 1.165) is 29.8 Å². The molecule has 1 aliphatic rings. The second kappa shape index (κ2) is 7.06. The Morgan fingerprint density at radius 1 is 1.19 bits per heavy atom. The standard InChI is InChI=1S/C20H20ClN5O/c21-18-8-17(4-2-13(18)9-22)26(20(23)27)16-3-1-12-5-15(6-14(12)7-16)19-10-24-11-25-19/h1-4,7-8,10-11,15H,5-6,9,22H2,(H2,23,27)(H,24,25). The summed E-state index contributed by atoms with van der Waals surface area (Å²) in [5, 5.41) is 0.515. The number of hydrogen-bond donors (Lipinski definition) is 3. The summed E-state index contributed by atoms with van der Waals surface area (Å²) < 4.78 is 0. The third kappa shape index (κ3) is 3.29. The summed E-state index contributed by atoms with van der Waals surface area (Å²) in [5.41, 5.74) is 17.1. The number of carbonyl (C=O) groups is 1. The lowest BCUT2D eigenvalue weighted by Gasteiger charge is -2.22. The van der Waals surface area contributed by atoms with E-state index in [1.807, 2.05) is 24.4 Å². The van der Waals surface area contributed by atoms with Gasteiger partial charge in [-0.25, -0.2) is 9.78 Å². The second-order valence-corrected chi connectivity index (χ2v) is 7.13. The van der Waals surface area contributed by atoms with Gasteiger partial charge in [0.1, 0.15) is 0 Å². The van der Waals surface area contributed by atoms with Crippen LogP contribution in [-0.4, -0.2) is 16.0 Å². The van der Waals surface area contributed by atoms with Gasteiger partial charge in [0.05, 0.1) is 17.7 Å². The van der Waals surface area contributed by atoms with Gasteiger partial charge in [0, 0.05) is 29.4 Å². The van der Waals surface area contributed by atoms with Crippen molar-refractivity contribution in [3.05, 3.63) is 76.3 Å². The van der Waals surface area contributed by atoms with Gasteiger partial charge < -0.3 is 16.5 Å². The number of hydrogen-bond acceptors (Lipinski definition) is 3. The maximum atomic E-state index is 12.2. The first-order chi connectivity index (χ1) is 13.1. The zero-order chi connectivity index (χ0) is 19.0. The molecule has 1 unspecified atom stereocenters. The molecule has 7 heteroatoms. The number of aromatic nitrogens is 2. The predicted octanol–water partition coefficient (Wildman–Crippen LogP) is 3.62. The summed E-state index contributed by atoms with van der Waals surface area (Å²) in [4.78, 5) is 21.0. The number of primary amides is 1. The van der Waals surface area contributed by atoms with Crippen LogP contribution in [0.15, 0.2) is 48.9 Å². The molecule has 138 valence electrons. The van der Waals surface area contributed by atoms with E-state index in [0.29, 0.717) is 23.2 Å². The third-order valence-corrected chi connectivity index (χ3v) is 5.43. The summed E-state index contributed by atoms with van der Waals surface area (Å²) in [6, 6.07) is 10.8. The van der Waals surface area contributed by atoms with Gasteiger partial charge in [-0.15, -0.1) is 0 Å². The van der Waals surface area contributed by atoms with Gasteiger partial charge in [-0.1, -0.05) is 23.7 Å². The minimum atomic E-state index is -0.561. The molecule has 0 radical (unpaired) electrons. The van der Waals surface area contributed by atoms with Gasteiger partial charge in [-0.2, -0.15) is 0 Å². The van der Waals surface area contributed by atoms with Crippen LogP contribution in [-0.2, 0) is 19.4 Å². The highest BCUT2D eigenvalue weighted by Gasteiger charge is 2.26. The Morgan fingerprint density at radius 2 is 1.93 bits per heavy atom. The van der Waals surface area contributed by atoms with Crippen LogP contribution in [0.3, 0.4) is 0 Å². The quantitative estimate of drug-likeness (QED) is 0.643. The fraction of sp³-hybridized carbons (Fsp3) is 0.200. The lowest BCUT2D eigenvalue weighted by Crippen LogP contribution is -2.31. The summed E-state index contributed by atoms with van der Waals surface area (Å²) in [6.07, 6.45) is 5.41. The molecular formula is C20H20ClN5O. The number of halogens is 1. The van der Waals surface area contributed by atoms with E-state index in [-0.39, 0.29) is 0 Å². The number of fused-ring (bicyclic) bond motifs is 1. The second-order valence-electron chi connectivity index (χ2n) is 6.72. The highest BCUT2D eigenvalue weighted by Crippen LogP contribution is 2.37. The van der Waals surface area contributed by atoms with Crippen molar-refractivity contribution in [3.63, 3.8) is 0 Å². The molecule has 1 aliphatic carbocycles. The first-order valence-corrected chi connectivity index (χ1v) is 9.12. The number of rotatable bonds is 4. The number of nitrogens with two attached hydrogens (primary N) is 2. The Labute approximate surface area is 162 Å². The minimum absolute atomic E-state index is 0.337. The molecule has 6 nitrogen and oxygen atoms in total. The summed E-state index contributed by atoms with van der Waals surface area (Å²) in [7, 11) is 0. The van der Waals surface area contributed by atoms with Crippen LogP contribution in [0.4, 0.5) is 16.2 Å². The highest BCUT2D eigenvalue weighted by molar-refractivity contribution is 6.31. The Hall–Kier alpha value is -2.83. The molecule has 0 saturated carbocycles. The molecule has 1 atom stereocenters. The van der Waals surface area contributed by atoms with Gasteiger partial charge in [-0.05, 0) is 53.8 Å². The average Bonchev–Trinajstić information content (AvgIpc) is 3.31. The predicted molar refractivity (Wildman–Crippen MR) is 106 cm³/mol. The normalized spacial score (nSPS) is 15.6. The van der Waals surface area contributed by atoms with Crippen LogP contribution in [0.2, 0.25) is 5.02 Å². The van der Waals surface area contributed by atoms with Crippen molar-refractivity contribution in [2.45, 2.75) is 25.3 Å². The number of H-pyrrole nitrogens is 1. The largest absolute Gasteiger partial charge is 0.351 e. The summed E-state index contributed by atoms with van der Waals surface area (Å²) >= 11 is 6.27. The first-order valence-electron chi connectivity index (χ1n) is 8.75. The number of aromatic amines is 1. The van der Waals surface area contributed by atoms with Crippen molar-refractivity contribution in [2.24, 2.45) is 11.5 Å². The lowest BCUT2D eigenvalue weighted by molar-refractivity contribution is 0.256. The smallest absolute Gasteiger partial charge is 0.323 e. The van der Waals surface area contributed by atoms with Crippen LogP contribution in [0.1, 0.15) is 28.3 Å². The van der Waals surface area contributed by atoms with E-state index in [2.05, 4.69) is 16.0 Å². The Kier molecular flexibility index (Phi) is 4.59. The van der Waals surface area contributed by atoms with Crippen molar-refractivity contribution in [1.29, 1.82) is 0 Å². The monoisotopic (exact) mass is 381 g/mol. The molecule has 0 spiro atoms. The van der Waals surface area contributed by atoms with Crippen molar-refractivity contribution in [1.82, 2.24) is 9.97 Å². The van der Waals surface area contributed by atoms with Crippen molar-refractivity contribution in [3.8, 4) is 0 Å². The number of anilines is 2. The number of nitrogens with zero attached hydrogens (tertiary/aromatic N) is 2. The van der Waals surface area contributed by atoms with E-state index in [4.69, 9.17) is 23.1 Å². The van der Waals surface area contributed by atoms with Crippen LogP contribution in [0.5, 0.6) is 0 Å². The number of imidazole rings is 1. The molecule has 5 N–H and O–H groups in total. The van der Waals surface area contributed by atoms with Crippen LogP contribution < -0.4 is 16.4 Å². The van der Waals surface area contributed by atoms with Gasteiger partial charge in [0.2, 0.25) is 0 Å². The zero-order valence-corrected chi connectivity index (χ0v) is 15.4. The third-order valence-electron chi connectivity index (χ3n) is 5.08. The molecule has 4 rings (SSSR count). The number of nitrogens with one attached hydrogen (secondary N) is 1. The Bertz CT molecular complexity index is 986. The molecule has 0 saturated heterocycles. The van der Waals surface area contributed by atoms with Crippen LogP contribution >= 0.6 is 11.6 Å². The lowest BCUT2D eigenvalue weighted by atomic mass is 10.0. The summed E-state index contributed by atoms with van der Waals surface area (Å²) in [5.74, 6) is 0.373. The fourth-order valence-corrected chi connectivity index (χ4v) is 3.95. The topological polar surface area (TPSA) is 101 Å². The Balaban J connectivity index is 1.67. The number of urea groups is 1. The summed E-state index contributed by atoms with van der Waals surface area (Å²) in [6.45, 7) is 0.337. The minimum Gasteiger partial charge on any atom is -0.351 e. The molecule has 3 aromatic rings. The van der Waals surface area contributed by atoms with E-state index < -0.39 is 6.03 Å². The molecule has 0 fully saturated rings. The van der Waals surface area contributed by atoms with Crippen molar-refractivity contribution < 1.29 is 4.79 Å². The van der Waals surface area contributed by atoms with E-state index in [1.165, 1.54) is 16.0 Å². The van der Waals surface area contributed by atoms with E-state index >= 15 is 0 Å². The van der Waals surface area contributed by atoms with Gasteiger partial charge in [0.25, 0.3) is 0 Å². The van der Waals surface area contributed by atoms with Crippen LogP contribution in [0.25, 0.3) is 0 Å². The number of amides is 2. The van der Waals surface area contributed by atoms with Crippen molar-refractivity contribution in [2.75, 3.05) is 4.90 Å². The molecule has 0 aliphatic heterocycles. The molecular weight excluding hydrogens is 362 g/mol. The zero-order valence-electron chi connectivity index (χ0n) is 14.7. The van der Waals surface area contributed by atoms with Gasteiger partial charge in [-0.3, -0.25) is 4.90 Å². The molecule has 1 heterocycles. The highest BCUT2D eigenvalue weighted by atomic mass is 35.5. The molecule has 0 bridgehead atoms. The number of benzene rings is 2. The molecule has 1 aromatic heterocycles.